The predicted octanol–water partition coefficient (Wildman–Crippen LogP) is 4.32. The van der Waals surface area contributed by atoms with Crippen LogP contribution >= 0.6 is 0 Å². The fraction of sp³-hybridized carbons (Fsp3) is 0.412. The molecule has 1 atom stereocenters. The van der Waals surface area contributed by atoms with Gasteiger partial charge < -0.3 is 5.32 Å². The minimum absolute atomic E-state index is 0.333. The van der Waals surface area contributed by atoms with Gasteiger partial charge in [-0.1, -0.05) is 62.4 Å². The highest BCUT2D eigenvalue weighted by Crippen LogP contribution is 2.14. The van der Waals surface area contributed by atoms with Gasteiger partial charge in [-0.2, -0.15) is 0 Å². The lowest BCUT2D eigenvalue weighted by atomic mass is 9.95. The first-order chi connectivity index (χ1) is 8.50. The Morgan fingerprint density at radius 2 is 1.83 bits per heavy atom. The molecule has 0 spiro atoms. The maximum absolute atomic E-state index is 4.19. The average molecular weight is 243 g/mol. The molecule has 1 aromatic rings. The van der Waals surface area contributed by atoms with Crippen LogP contribution < -0.4 is 5.32 Å². The van der Waals surface area contributed by atoms with Crippen molar-refractivity contribution in [2.24, 2.45) is 5.92 Å². The third kappa shape index (κ3) is 4.89. The smallest absolute Gasteiger partial charge is 0.0340 e. The number of nitrogens with one attached hydrogen (secondary N) is 1. The van der Waals surface area contributed by atoms with Crippen molar-refractivity contribution in [2.75, 3.05) is 0 Å². The van der Waals surface area contributed by atoms with Crippen LogP contribution in [0.5, 0.6) is 0 Å². The number of benzene rings is 1. The minimum Gasteiger partial charge on any atom is -0.306 e. The molecule has 0 aromatic heterocycles. The van der Waals surface area contributed by atoms with Gasteiger partial charge >= 0.3 is 0 Å². The van der Waals surface area contributed by atoms with E-state index < -0.39 is 0 Å². The highest BCUT2D eigenvalue weighted by atomic mass is 14.9. The zero-order valence-electron chi connectivity index (χ0n) is 12.0. The molecule has 0 fully saturated rings. The van der Waals surface area contributed by atoms with Gasteiger partial charge in [0.1, 0.15) is 0 Å². The van der Waals surface area contributed by atoms with Crippen LogP contribution in [0.25, 0.3) is 0 Å². The van der Waals surface area contributed by atoms with Gasteiger partial charge in [0.25, 0.3) is 0 Å². The molecule has 1 aromatic carbocycles. The van der Waals surface area contributed by atoms with Crippen molar-refractivity contribution in [1.82, 2.24) is 5.32 Å². The summed E-state index contributed by atoms with van der Waals surface area (Å²) in [5.74, 6) is 0.539. The maximum Gasteiger partial charge on any atom is 0.0340 e. The Bertz CT molecular complexity index is 397. The second-order valence-electron chi connectivity index (χ2n) is 5.38. The summed E-state index contributed by atoms with van der Waals surface area (Å²) in [6.07, 6.45) is 2.17. The first kappa shape index (κ1) is 14.7. The minimum atomic E-state index is 0.333. The van der Waals surface area contributed by atoms with E-state index in [1.54, 1.807) is 0 Å². The number of allylic oxidation sites excluding steroid dienone is 1. The van der Waals surface area contributed by atoms with E-state index in [4.69, 9.17) is 0 Å². The molecule has 0 aliphatic heterocycles. The average Bonchev–Trinajstić information content (AvgIpc) is 2.29. The molecule has 18 heavy (non-hydrogen) atoms. The Morgan fingerprint density at radius 1 is 1.22 bits per heavy atom. The molecule has 1 nitrogen and oxygen atoms in total. The summed E-state index contributed by atoms with van der Waals surface area (Å²) in [6, 6.07) is 10.8. The SMILES string of the molecule is C=C(C=C(C)C)C(NCc1ccccc1)C(C)C. The van der Waals surface area contributed by atoms with E-state index in [-0.39, 0.29) is 0 Å². The van der Waals surface area contributed by atoms with Gasteiger partial charge in [0.15, 0.2) is 0 Å². The van der Waals surface area contributed by atoms with Crippen molar-refractivity contribution in [3.63, 3.8) is 0 Å². The van der Waals surface area contributed by atoms with Crippen molar-refractivity contribution in [3.05, 3.63) is 59.7 Å². The summed E-state index contributed by atoms with van der Waals surface area (Å²) in [4.78, 5) is 0. The monoisotopic (exact) mass is 243 g/mol. The zero-order chi connectivity index (χ0) is 13.5. The largest absolute Gasteiger partial charge is 0.306 e. The Balaban J connectivity index is 2.64. The van der Waals surface area contributed by atoms with E-state index in [1.165, 1.54) is 16.7 Å². The van der Waals surface area contributed by atoms with E-state index in [2.05, 4.69) is 69.9 Å². The molecular formula is C17H25N. The van der Waals surface area contributed by atoms with Gasteiger partial charge in [0.2, 0.25) is 0 Å². The summed E-state index contributed by atoms with van der Waals surface area (Å²) in [6.45, 7) is 13.8. The molecule has 1 unspecified atom stereocenters. The van der Waals surface area contributed by atoms with E-state index in [1.807, 2.05) is 6.07 Å². The highest BCUT2D eigenvalue weighted by Gasteiger charge is 2.14. The lowest BCUT2D eigenvalue weighted by molar-refractivity contribution is 0.451. The van der Waals surface area contributed by atoms with Gasteiger partial charge in [-0.15, -0.1) is 0 Å². The van der Waals surface area contributed by atoms with E-state index in [9.17, 15) is 0 Å². The second-order valence-corrected chi connectivity index (χ2v) is 5.38. The Morgan fingerprint density at radius 3 is 2.33 bits per heavy atom. The van der Waals surface area contributed by atoms with Crippen molar-refractivity contribution < 1.29 is 0 Å². The molecular weight excluding hydrogens is 218 g/mol. The molecule has 0 heterocycles. The Kier molecular flexibility index (Phi) is 5.87. The third-order valence-electron chi connectivity index (χ3n) is 2.91. The molecule has 0 saturated heterocycles. The summed E-state index contributed by atoms with van der Waals surface area (Å²) < 4.78 is 0. The van der Waals surface area contributed by atoms with Crippen LogP contribution in [0.1, 0.15) is 33.3 Å². The molecule has 0 amide bonds. The lowest BCUT2D eigenvalue weighted by Crippen LogP contribution is -2.34. The normalized spacial score (nSPS) is 12.3. The van der Waals surface area contributed by atoms with Gasteiger partial charge in [-0.3, -0.25) is 0 Å². The number of rotatable bonds is 6. The molecule has 1 rings (SSSR count). The number of hydrogen-bond donors (Lipinski definition) is 1. The lowest BCUT2D eigenvalue weighted by Gasteiger charge is -2.23. The summed E-state index contributed by atoms with van der Waals surface area (Å²) in [5, 5.41) is 3.60. The first-order valence-corrected chi connectivity index (χ1v) is 6.61. The maximum atomic E-state index is 4.19. The van der Waals surface area contributed by atoms with Gasteiger partial charge in [0.05, 0.1) is 0 Å². The molecule has 0 bridgehead atoms. The van der Waals surface area contributed by atoms with E-state index >= 15 is 0 Å². The van der Waals surface area contributed by atoms with Crippen LogP contribution in [0.15, 0.2) is 54.1 Å². The fourth-order valence-corrected chi connectivity index (χ4v) is 2.08. The van der Waals surface area contributed by atoms with Crippen molar-refractivity contribution in [1.29, 1.82) is 0 Å². The number of hydrogen-bond acceptors (Lipinski definition) is 1. The second kappa shape index (κ2) is 7.17. The van der Waals surface area contributed by atoms with Crippen LogP contribution in [-0.2, 0) is 6.54 Å². The van der Waals surface area contributed by atoms with Crippen LogP contribution in [0.4, 0.5) is 0 Å². The summed E-state index contributed by atoms with van der Waals surface area (Å²) >= 11 is 0. The van der Waals surface area contributed by atoms with Gasteiger partial charge in [0, 0.05) is 12.6 Å². The van der Waals surface area contributed by atoms with E-state index in [0.717, 1.165) is 6.54 Å². The zero-order valence-corrected chi connectivity index (χ0v) is 12.0. The molecule has 0 saturated carbocycles. The predicted molar refractivity (Wildman–Crippen MR) is 80.5 cm³/mol. The topological polar surface area (TPSA) is 12.0 Å². The summed E-state index contributed by atoms with van der Waals surface area (Å²) in [5.41, 5.74) is 3.78. The van der Waals surface area contributed by atoms with E-state index in [0.29, 0.717) is 12.0 Å². The van der Waals surface area contributed by atoms with Crippen LogP contribution in [0.3, 0.4) is 0 Å². The molecule has 1 N–H and O–H groups in total. The standard InChI is InChI=1S/C17H25N/c1-13(2)11-15(5)17(14(3)4)18-12-16-9-7-6-8-10-16/h6-11,14,17-18H,5,12H2,1-4H3. The Labute approximate surface area is 112 Å². The van der Waals surface area contributed by atoms with Gasteiger partial charge in [-0.25, -0.2) is 0 Å². The van der Waals surface area contributed by atoms with Crippen LogP contribution in [0.2, 0.25) is 0 Å². The highest BCUT2D eigenvalue weighted by molar-refractivity contribution is 5.25. The first-order valence-electron chi connectivity index (χ1n) is 6.61. The fourth-order valence-electron chi connectivity index (χ4n) is 2.08. The van der Waals surface area contributed by atoms with Crippen molar-refractivity contribution >= 4 is 0 Å². The molecule has 0 radical (unpaired) electrons. The Hall–Kier alpha value is -1.34. The van der Waals surface area contributed by atoms with Crippen LogP contribution in [-0.4, -0.2) is 6.04 Å². The molecule has 0 aliphatic rings. The summed E-state index contributed by atoms with van der Waals surface area (Å²) in [7, 11) is 0. The van der Waals surface area contributed by atoms with Gasteiger partial charge in [-0.05, 0) is 30.9 Å². The van der Waals surface area contributed by atoms with Crippen LogP contribution in [0, 0.1) is 5.92 Å². The molecule has 98 valence electrons. The third-order valence-corrected chi connectivity index (χ3v) is 2.91. The quantitative estimate of drug-likeness (QED) is 0.734. The molecule has 0 aliphatic carbocycles. The molecule has 1 heteroatoms. The van der Waals surface area contributed by atoms with Crippen molar-refractivity contribution in [3.8, 4) is 0 Å². The van der Waals surface area contributed by atoms with Crippen molar-refractivity contribution in [2.45, 2.75) is 40.3 Å².